The van der Waals surface area contributed by atoms with Gasteiger partial charge in [-0.25, -0.2) is 4.57 Å². The molecule has 0 bridgehead atoms. The number of rotatable bonds is 43. The lowest BCUT2D eigenvalue weighted by Gasteiger charge is -2.24. The average molecular weight is 853 g/mol. The molecule has 0 aliphatic carbocycles. The molecule has 0 spiro atoms. The van der Waals surface area contributed by atoms with E-state index in [2.05, 4.69) is 32.1 Å². The van der Waals surface area contributed by atoms with E-state index in [0.29, 0.717) is 23.9 Å². The van der Waals surface area contributed by atoms with E-state index >= 15 is 0 Å². The van der Waals surface area contributed by atoms with Crippen LogP contribution in [0.3, 0.4) is 0 Å². The lowest BCUT2D eigenvalue weighted by atomic mass is 10.0. The van der Waals surface area contributed by atoms with E-state index in [1.54, 1.807) is 0 Å². The van der Waals surface area contributed by atoms with E-state index in [1.165, 1.54) is 109 Å². The Bertz CT molecular complexity index is 1150. The largest absolute Gasteiger partial charge is 0.472 e. The number of hydrogen-bond acceptors (Lipinski definition) is 7. The summed E-state index contributed by atoms with van der Waals surface area (Å²) < 4.78 is 34.4. The van der Waals surface area contributed by atoms with Crippen molar-refractivity contribution in [1.82, 2.24) is 0 Å². The van der Waals surface area contributed by atoms with E-state index in [9.17, 15) is 19.0 Å². The van der Waals surface area contributed by atoms with Gasteiger partial charge in [0, 0.05) is 12.8 Å². The second kappa shape index (κ2) is 41.3. The van der Waals surface area contributed by atoms with Gasteiger partial charge in [-0.2, -0.15) is 0 Å². The maximum Gasteiger partial charge on any atom is 0.472 e. The minimum absolute atomic E-state index is 0.0272. The van der Waals surface area contributed by atoms with Crippen molar-refractivity contribution in [2.45, 2.75) is 206 Å². The van der Waals surface area contributed by atoms with Crippen molar-refractivity contribution in [1.29, 1.82) is 0 Å². The maximum atomic E-state index is 12.7. The van der Waals surface area contributed by atoms with Crippen LogP contribution in [-0.2, 0) is 32.7 Å². The molecule has 1 N–H and O–H groups in total. The maximum absolute atomic E-state index is 12.7. The summed E-state index contributed by atoms with van der Waals surface area (Å²) in [6.07, 6.45) is 48.7. The van der Waals surface area contributed by atoms with Crippen LogP contribution in [0.15, 0.2) is 48.6 Å². The summed E-state index contributed by atoms with van der Waals surface area (Å²) in [7, 11) is 1.46. The molecule has 0 saturated carbocycles. The number of phosphoric acid groups is 1. The summed E-state index contributed by atoms with van der Waals surface area (Å²) in [5.41, 5.74) is 0. The number of allylic oxidation sites excluding steroid dienone is 8. The monoisotopic (exact) mass is 853 g/mol. The summed E-state index contributed by atoms with van der Waals surface area (Å²) in [5.74, 6) is -0.821. The smallest absolute Gasteiger partial charge is 0.462 e. The number of carbonyl (C=O) groups is 2. The van der Waals surface area contributed by atoms with Gasteiger partial charge in [0.1, 0.15) is 19.8 Å². The number of likely N-dealkylation sites (N-methyl/N-ethyl adjacent to an activating group) is 1. The lowest BCUT2D eigenvalue weighted by molar-refractivity contribution is -0.870. The van der Waals surface area contributed by atoms with Crippen LogP contribution in [0.1, 0.15) is 200 Å². The molecule has 344 valence electrons. The number of phosphoric ester groups is 1. The molecular weight excluding hydrogens is 762 g/mol. The molecule has 0 heterocycles. The zero-order chi connectivity index (χ0) is 43.6. The molecule has 59 heavy (non-hydrogen) atoms. The highest BCUT2D eigenvalue weighted by molar-refractivity contribution is 7.47. The van der Waals surface area contributed by atoms with Crippen molar-refractivity contribution in [3.8, 4) is 0 Å². The van der Waals surface area contributed by atoms with Crippen LogP contribution in [0.2, 0.25) is 0 Å². The van der Waals surface area contributed by atoms with E-state index in [0.717, 1.165) is 51.4 Å². The molecule has 9 nitrogen and oxygen atoms in total. The third-order valence-electron chi connectivity index (χ3n) is 10.2. The van der Waals surface area contributed by atoms with Gasteiger partial charge in [0.15, 0.2) is 6.10 Å². The highest BCUT2D eigenvalue weighted by Gasteiger charge is 2.27. The minimum atomic E-state index is -4.38. The quantitative estimate of drug-likeness (QED) is 0.0212. The number of esters is 2. The Kier molecular flexibility index (Phi) is 39.9. The molecule has 0 amide bonds. The Labute approximate surface area is 363 Å². The first-order valence-electron chi connectivity index (χ1n) is 23.9. The summed E-state index contributed by atoms with van der Waals surface area (Å²) in [6.45, 7) is 4.28. The van der Waals surface area contributed by atoms with Gasteiger partial charge >= 0.3 is 19.8 Å². The number of carbonyl (C=O) groups excluding carboxylic acids is 2. The molecule has 0 fully saturated rings. The topological polar surface area (TPSA) is 108 Å². The van der Waals surface area contributed by atoms with Crippen LogP contribution in [0.4, 0.5) is 0 Å². The van der Waals surface area contributed by atoms with Crippen molar-refractivity contribution in [3.63, 3.8) is 0 Å². The van der Waals surface area contributed by atoms with Crippen molar-refractivity contribution in [2.24, 2.45) is 0 Å². The van der Waals surface area contributed by atoms with Gasteiger partial charge in [0.2, 0.25) is 0 Å². The second-order valence-corrected chi connectivity index (χ2v) is 18.7. The van der Waals surface area contributed by atoms with Gasteiger partial charge < -0.3 is 18.9 Å². The molecule has 0 aliphatic heterocycles. The molecule has 0 rings (SSSR count). The molecule has 0 radical (unpaired) electrons. The van der Waals surface area contributed by atoms with Crippen LogP contribution in [0.25, 0.3) is 0 Å². The van der Waals surface area contributed by atoms with E-state index in [4.69, 9.17) is 18.5 Å². The van der Waals surface area contributed by atoms with E-state index in [1.807, 2.05) is 51.5 Å². The second-order valence-electron chi connectivity index (χ2n) is 17.2. The summed E-state index contributed by atoms with van der Waals surface area (Å²) in [6, 6.07) is 0. The Morgan fingerprint density at radius 3 is 1.44 bits per heavy atom. The molecule has 0 aromatic rings. The average Bonchev–Trinajstić information content (AvgIpc) is 3.19. The first kappa shape index (κ1) is 57.0. The van der Waals surface area contributed by atoms with E-state index < -0.39 is 26.5 Å². The minimum Gasteiger partial charge on any atom is -0.462 e. The van der Waals surface area contributed by atoms with Gasteiger partial charge in [-0.1, -0.05) is 204 Å². The van der Waals surface area contributed by atoms with Gasteiger partial charge in [0.25, 0.3) is 0 Å². The predicted molar refractivity (Wildman–Crippen MR) is 247 cm³/mol. The summed E-state index contributed by atoms with van der Waals surface area (Å²) in [5, 5.41) is 0. The fraction of sp³-hybridized carbons (Fsp3) is 0.796. The van der Waals surface area contributed by atoms with Gasteiger partial charge in [0.05, 0.1) is 27.7 Å². The SMILES string of the molecule is CC/C=C/C=C/C=C/C=C/CCCCCCCC(=O)OC[C@H](COP(=O)(O)OCC[N+](C)(C)C)OC(=O)CCCCCCCCCCCCCCCCCCCCCC. The van der Waals surface area contributed by atoms with Crippen LogP contribution >= 0.6 is 7.82 Å². The molecule has 0 saturated heterocycles. The zero-order valence-corrected chi connectivity index (χ0v) is 39.6. The van der Waals surface area contributed by atoms with Crippen molar-refractivity contribution in [2.75, 3.05) is 47.5 Å². The number of nitrogens with zero attached hydrogens (tertiary/aromatic N) is 1. The summed E-state index contributed by atoms with van der Waals surface area (Å²) >= 11 is 0. The van der Waals surface area contributed by atoms with Crippen LogP contribution < -0.4 is 0 Å². The third kappa shape index (κ3) is 45.3. The first-order chi connectivity index (χ1) is 28.5. The summed E-state index contributed by atoms with van der Waals surface area (Å²) in [4.78, 5) is 35.4. The van der Waals surface area contributed by atoms with Crippen molar-refractivity contribution in [3.05, 3.63) is 48.6 Å². The number of quaternary nitrogens is 1. The Balaban J connectivity index is 4.30. The Morgan fingerprint density at radius 2 is 0.966 bits per heavy atom. The van der Waals surface area contributed by atoms with Crippen molar-refractivity contribution < 1.29 is 42.1 Å². The molecular formula is C49H91NO8P+. The molecule has 0 aliphatic rings. The fourth-order valence-electron chi connectivity index (χ4n) is 6.50. The van der Waals surface area contributed by atoms with Gasteiger partial charge in [-0.3, -0.25) is 18.6 Å². The number of unbranched alkanes of at least 4 members (excludes halogenated alkanes) is 24. The van der Waals surface area contributed by atoms with Gasteiger partial charge in [-0.15, -0.1) is 0 Å². The number of ether oxygens (including phenoxy) is 2. The highest BCUT2D eigenvalue weighted by Crippen LogP contribution is 2.43. The molecule has 0 aromatic carbocycles. The van der Waals surface area contributed by atoms with Crippen LogP contribution in [0, 0.1) is 0 Å². The highest BCUT2D eigenvalue weighted by atomic mass is 31.2. The van der Waals surface area contributed by atoms with E-state index in [-0.39, 0.29) is 32.0 Å². The predicted octanol–water partition coefficient (Wildman–Crippen LogP) is 13.9. The standard InChI is InChI=1S/C49H90NO8P/c1-6-8-10-12-14-16-18-20-22-23-24-25-26-28-30-32-34-36-38-40-42-49(52)58-47(46-57-59(53,54)56-44-43-50(3,4)5)45-55-48(51)41-39-37-35-33-31-29-27-21-19-17-15-13-11-9-7-2/h9,11,13,15,17,19,21,27,47H,6-8,10,12,14,16,18,20,22-26,28-46H2,1-5H3/p+1/b11-9+,15-13+,19-17+,27-21+/t47-/m1/s1. The molecule has 2 atom stereocenters. The molecule has 10 heteroatoms. The Morgan fingerprint density at radius 1 is 0.542 bits per heavy atom. The number of hydrogen-bond donors (Lipinski definition) is 1. The van der Waals surface area contributed by atoms with Crippen LogP contribution in [-0.4, -0.2) is 74.9 Å². The van der Waals surface area contributed by atoms with Gasteiger partial charge in [-0.05, 0) is 32.1 Å². The lowest BCUT2D eigenvalue weighted by Crippen LogP contribution is -2.37. The molecule has 1 unspecified atom stereocenters. The van der Waals surface area contributed by atoms with Crippen LogP contribution in [0.5, 0.6) is 0 Å². The first-order valence-corrected chi connectivity index (χ1v) is 25.4. The van der Waals surface area contributed by atoms with Crippen molar-refractivity contribution >= 4 is 19.8 Å². The Hall–Kier alpha value is -2.03. The molecule has 0 aromatic heterocycles. The fourth-order valence-corrected chi connectivity index (χ4v) is 7.24. The third-order valence-corrected chi connectivity index (χ3v) is 11.2. The zero-order valence-electron chi connectivity index (χ0n) is 38.7. The normalized spacial score (nSPS) is 13.9.